The molecule has 54 heavy (non-hydrogen) atoms. The van der Waals surface area contributed by atoms with Crippen LogP contribution in [-0.4, -0.2) is 151 Å². The van der Waals surface area contributed by atoms with Crippen LogP contribution in [0.3, 0.4) is 0 Å². The summed E-state index contributed by atoms with van der Waals surface area (Å²) in [5, 5.41) is 31.4. The number of hydrogen-bond donors (Lipinski definition) is 3. The Morgan fingerprint density at radius 1 is 0.796 bits per heavy atom. The first-order chi connectivity index (χ1) is 26.0. The Hall–Kier alpha value is -1.53. The van der Waals surface area contributed by atoms with E-state index in [0.717, 1.165) is 43.3 Å². The molecule has 0 aromatic carbocycles. The van der Waals surface area contributed by atoms with E-state index >= 15 is 0 Å². The van der Waals surface area contributed by atoms with E-state index in [4.69, 9.17) is 47.4 Å². The molecule has 10 aliphatic heterocycles. The van der Waals surface area contributed by atoms with Crippen molar-refractivity contribution < 1.29 is 67.5 Å². The molecule has 14 nitrogen and oxygen atoms in total. The molecule has 10 saturated heterocycles. The first-order valence-electron chi connectivity index (χ1n) is 20.4. The van der Waals surface area contributed by atoms with Crippen LogP contribution in [0.1, 0.15) is 84.0 Å². The number of fused-ring (bicyclic) bond motifs is 6. The topological polar surface area (TPSA) is 170 Å². The Morgan fingerprint density at radius 3 is 2.35 bits per heavy atom. The van der Waals surface area contributed by atoms with Crippen molar-refractivity contribution in [2.45, 2.75) is 200 Å². The van der Waals surface area contributed by atoms with Crippen LogP contribution in [0.4, 0.5) is 0 Å². The fraction of sp³-hybridized carbons (Fsp3) is 0.875. The van der Waals surface area contributed by atoms with Crippen LogP contribution in [0.15, 0.2) is 24.3 Å². The van der Waals surface area contributed by atoms with Gasteiger partial charge in [-0.25, -0.2) is 0 Å². The number of carbonyl (C=O) groups is 1. The second-order valence-corrected chi connectivity index (χ2v) is 17.4. The summed E-state index contributed by atoms with van der Waals surface area (Å²) in [6.45, 7) is 10.5. The quantitative estimate of drug-likeness (QED) is 0.281. The number of aliphatic hydroxyl groups is 3. The van der Waals surface area contributed by atoms with Crippen molar-refractivity contribution in [3.63, 3.8) is 0 Å². The largest absolute Gasteiger partial charge is 0.457 e. The van der Waals surface area contributed by atoms with Gasteiger partial charge in [0.25, 0.3) is 0 Å². The molecular formula is C40H58O14. The molecule has 0 aromatic heterocycles. The second-order valence-electron chi connectivity index (χ2n) is 17.4. The Labute approximate surface area is 316 Å². The third kappa shape index (κ3) is 6.93. The second kappa shape index (κ2) is 15.0. The zero-order chi connectivity index (χ0) is 37.5. The average molecular weight is 763 g/mol. The highest BCUT2D eigenvalue weighted by Crippen LogP contribution is 2.54. The number of aliphatic hydroxyl groups excluding tert-OH is 3. The highest BCUT2D eigenvalue weighted by Gasteiger charge is 2.68. The van der Waals surface area contributed by atoms with E-state index in [-0.39, 0.29) is 67.6 Å². The maximum Gasteiger partial charge on any atom is 0.308 e. The lowest BCUT2D eigenvalue weighted by Crippen LogP contribution is -2.62. The van der Waals surface area contributed by atoms with Gasteiger partial charge in [0, 0.05) is 32.8 Å². The maximum absolute atomic E-state index is 13.9. The summed E-state index contributed by atoms with van der Waals surface area (Å²) >= 11 is 0. The number of carbonyl (C=O) groups excluding carboxylic acids is 1. The summed E-state index contributed by atoms with van der Waals surface area (Å²) in [6, 6.07) is 0. The van der Waals surface area contributed by atoms with Gasteiger partial charge < -0.3 is 62.7 Å². The first-order valence-corrected chi connectivity index (χ1v) is 20.4. The summed E-state index contributed by atoms with van der Waals surface area (Å²) in [7, 11) is 1.45. The van der Waals surface area contributed by atoms with Gasteiger partial charge in [-0.2, -0.15) is 0 Å². The van der Waals surface area contributed by atoms with E-state index in [1.54, 1.807) is 0 Å². The normalized spacial score (nSPS) is 52.4. The lowest BCUT2D eigenvalue weighted by Gasteiger charge is -2.48. The van der Waals surface area contributed by atoms with Gasteiger partial charge in [0.2, 0.25) is 0 Å². The zero-order valence-corrected chi connectivity index (χ0v) is 31.4. The van der Waals surface area contributed by atoms with Gasteiger partial charge in [0.05, 0.1) is 68.0 Å². The van der Waals surface area contributed by atoms with Crippen molar-refractivity contribution in [1.82, 2.24) is 0 Å². The molecule has 0 radical (unpaired) electrons. The summed E-state index contributed by atoms with van der Waals surface area (Å²) in [4.78, 5) is 13.9. The molecule has 2 unspecified atom stereocenters. The van der Waals surface area contributed by atoms with Gasteiger partial charge >= 0.3 is 5.97 Å². The SMILES string of the molecule is C=C1C[C@@H]2CC[C@@]34C[C@@H]5O[C@@H]6C(O[C@H]7CC[C@H](CC(=O)O[C@@H]8[C@@H](OC)[C@@H](O)[C@@H](CC(O)CO)O[C@H]8C[C@H]8O[C@@H](CC[C@@H]1O2)C[C@@H](C)C8=C)O[C@@H]7[C@@H]6O3)[C@H]5O4. The van der Waals surface area contributed by atoms with E-state index in [9.17, 15) is 20.1 Å². The van der Waals surface area contributed by atoms with Gasteiger partial charge in [-0.05, 0) is 62.0 Å². The van der Waals surface area contributed by atoms with Crippen molar-refractivity contribution in [3.8, 4) is 0 Å². The van der Waals surface area contributed by atoms with Gasteiger partial charge in [-0.15, -0.1) is 0 Å². The van der Waals surface area contributed by atoms with Crippen LogP contribution < -0.4 is 0 Å². The van der Waals surface area contributed by atoms with Crippen LogP contribution in [0.2, 0.25) is 0 Å². The molecule has 20 atom stereocenters. The van der Waals surface area contributed by atoms with Crippen molar-refractivity contribution >= 4 is 5.97 Å². The molecule has 10 heterocycles. The van der Waals surface area contributed by atoms with E-state index in [0.29, 0.717) is 32.1 Å². The Bertz CT molecular complexity index is 1430. The van der Waals surface area contributed by atoms with Gasteiger partial charge in [-0.1, -0.05) is 20.1 Å². The number of methoxy groups -OCH3 is 1. The molecule has 10 rings (SSSR count). The molecule has 10 aliphatic rings. The van der Waals surface area contributed by atoms with Gasteiger partial charge in [-0.3, -0.25) is 4.79 Å². The predicted molar refractivity (Wildman–Crippen MR) is 187 cm³/mol. The van der Waals surface area contributed by atoms with E-state index in [2.05, 4.69) is 20.1 Å². The zero-order valence-electron chi connectivity index (χ0n) is 31.4. The first kappa shape index (κ1) is 38.0. The van der Waals surface area contributed by atoms with E-state index < -0.39 is 79.4 Å². The molecule has 1 spiro atoms. The molecular weight excluding hydrogens is 704 g/mol. The van der Waals surface area contributed by atoms with Crippen molar-refractivity contribution in [2.24, 2.45) is 5.92 Å². The van der Waals surface area contributed by atoms with Crippen LogP contribution in [-0.2, 0) is 52.2 Å². The van der Waals surface area contributed by atoms with Crippen LogP contribution in [0.25, 0.3) is 0 Å². The number of rotatable bonds is 4. The molecule has 3 N–H and O–H groups in total. The monoisotopic (exact) mass is 762 g/mol. The molecule has 0 aromatic rings. The summed E-state index contributed by atoms with van der Waals surface area (Å²) < 4.78 is 65.4. The minimum Gasteiger partial charge on any atom is -0.457 e. The minimum absolute atomic E-state index is 0.00494. The Kier molecular flexibility index (Phi) is 10.6. The lowest BCUT2D eigenvalue weighted by atomic mass is 9.82. The minimum atomic E-state index is -1.24. The average Bonchev–Trinajstić information content (AvgIpc) is 3.73. The van der Waals surface area contributed by atoms with Crippen LogP contribution >= 0.6 is 0 Å². The summed E-state index contributed by atoms with van der Waals surface area (Å²) in [5.74, 6) is -1.18. The van der Waals surface area contributed by atoms with Gasteiger partial charge in [0.1, 0.15) is 48.8 Å². The van der Waals surface area contributed by atoms with E-state index in [1.165, 1.54) is 7.11 Å². The Morgan fingerprint density at radius 2 is 1.54 bits per heavy atom. The molecule has 0 amide bonds. The predicted octanol–water partition coefficient (Wildman–Crippen LogP) is 2.17. The molecule has 302 valence electrons. The standard InChI is InChI=1S/C40H58O14/c1-18-11-22-5-7-25-19(2)12-24(46-25)9-10-40-16-30-35(53-40)37-38(51-30)39(54-40)33-26(50-37)8-6-23(48-33)14-31(43)52-34-29(15-27(47-22)20(18)3)49-28(13-21(42)17-41)32(44)36(34)45-4/h18,21-30,32-39,41-42,44H,2-3,5-17H2,1,4H3/t18-,21?,22+,23-,24+,25+,26+,27-,28-,29+,30+,32+,33+,34+,35+,36+,37?,38-,39+,40+/m1/s1. The molecule has 12 bridgehead atoms. The van der Waals surface area contributed by atoms with Crippen LogP contribution in [0.5, 0.6) is 0 Å². The summed E-state index contributed by atoms with van der Waals surface area (Å²) in [5.41, 5.74) is 2.01. The fourth-order valence-corrected chi connectivity index (χ4v) is 11.0. The maximum atomic E-state index is 13.9. The summed E-state index contributed by atoms with van der Waals surface area (Å²) in [6.07, 6.45) is -2.30. The van der Waals surface area contributed by atoms with Crippen LogP contribution in [0, 0.1) is 5.92 Å². The molecule has 10 fully saturated rings. The van der Waals surface area contributed by atoms with Crippen molar-refractivity contribution in [2.75, 3.05) is 13.7 Å². The molecule has 0 saturated carbocycles. The Balaban J connectivity index is 1.00. The highest BCUT2D eigenvalue weighted by atomic mass is 16.8. The number of hydrogen-bond acceptors (Lipinski definition) is 14. The molecule has 14 heteroatoms. The van der Waals surface area contributed by atoms with Crippen molar-refractivity contribution in [1.29, 1.82) is 0 Å². The fourth-order valence-electron chi connectivity index (χ4n) is 11.0. The smallest absolute Gasteiger partial charge is 0.308 e. The van der Waals surface area contributed by atoms with E-state index in [1.807, 2.05) is 0 Å². The number of esters is 1. The third-order valence-corrected chi connectivity index (χ3v) is 13.8. The lowest BCUT2D eigenvalue weighted by molar-refractivity contribution is -0.293. The molecule has 0 aliphatic carbocycles. The van der Waals surface area contributed by atoms with Crippen molar-refractivity contribution in [3.05, 3.63) is 24.3 Å². The third-order valence-electron chi connectivity index (χ3n) is 13.8. The van der Waals surface area contributed by atoms with Gasteiger partial charge in [0.15, 0.2) is 11.9 Å². The highest BCUT2D eigenvalue weighted by molar-refractivity contribution is 5.70. The number of ether oxygens (including phenoxy) is 10.